The molecule has 0 N–H and O–H groups in total. The van der Waals surface area contributed by atoms with Gasteiger partial charge in [0.1, 0.15) is 0 Å². The molecule has 0 heteroatoms. The van der Waals surface area contributed by atoms with Crippen molar-refractivity contribution in [1.82, 2.24) is 0 Å². The molecule has 0 aliphatic carbocycles. The topological polar surface area (TPSA) is 0 Å². The predicted octanol–water partition coefficient (Wildman–Crippen LogP) is 18.6. The van der Waals surface area contributed by atoms with Crippen LogP contribution in [0.15, 0.2) is 255 Å². The number of rotatable bonds is 6. The van der Waals surface area contributed by atoms with Gasteiger partial charge < -0.3 is 0 Å². The molecule has 0 bridgehead atoms. The van der Waals surface area contributed by atoms with Crippen LogP contribution in [0, 0.1) is 0 Å². The van der Waals surface area contributed by atoms with Crippen LogP contribution in [0.4, 0.5) is 0 Å². The van der Waals surface area contributed by atoms with Crippen LogP contribution in [0.1, 0.15) is 0 Å². The Kier molecular flexibility index (Phi) is 8.96. The van der Waals surface area contributed by atoms with Gasteiger partial charge >= 0.3 is 0 Å². The number of hydrogen-bond donors (Lipinski definition) is 0. The number of benzene rings is 13. The van der Waals surface area contributed by atoms with Crippen LogP contribution >= 0.6 is 0 Å². The zero-order valence-electron chi connectivity index (χ0n) is 36.2. The van der Waals surface area contributed by atoms with E-state index in [0.29, 0.717) is 0 Å². The zero-order chi connectivity index (χ0) is 43.6. The van der Waals surface area contributed by atoms with Crippen LogP contribution in [0.2, 0.25) is 0 Å². The first-order valence-corrected chi connectivity index (χ1v) is 22.9. The first-order valence-electron chi connectivity index (χ1n) is 22.9. The van der Waals surface area contributed by atoms with Crippen molar-refractivity contribution >= 4 is 64.6 Å². The molecule has 0 spiro atoms. The minimum Gasteiger partial charge on any atom is -0.0622 e. The average Bonchev–Trinajstić information content (AvgIpc) is 3.41. The summed E-state index contributed by atoms with van der Waals surface area (Å²) in [6.07, 6.45) is 0. The minimum absolute atomic E-state index is 1.21. The van der Waals surface area contributed by atoms with Gasteiger partial charge in [0.15, 0.2) is 0 Å². The molecule has 306 valence electrons. The zero-order valence-corrected chi connectivity index (χ0v) is 36.2. The van der Waals surface area contributed by atoms with E-state index < -0.39 is 0 Å². The molecule has 0 aliphatic heterocycles. The quantitative estimate of drug-likeness (QED) is 0.116. The van der Waals surface area contributed by atoms with Crippen LogP contribution in [-0.4, -0.2) is 0 Å². The summed E-state index contributed by atoms with van der Waals surface area (Å²) in [4.78, 5) is 0. The number of fused-ring (bicyclic) bond motifs is 12. The van der Waals surface area contributed by atoms with Crippen LogP contribution in [0.5, 0.6) is 0 Å². The lowest BCUT2D eigenvalue weighted by Gasteiger charge is -2.18. The highest BCUT2D eigenvalue weighted by molar-refractivity contribution is 6.33. The summed E-state index contributed by atoms with van der Waals surface area (Å²) >= 11 is 0. The van der Waals surface area contributed by atoms with E-state index in [2.05, 4.69) is 255 Å². The van der Waals surface area contributed by atoms with E-state index in [1.165, 1.54) is 131 Å². The van der Waals surface area contributed by atoms with Gasteiger partial charge in [0, 0.05) is 0 Å². The Morgan fingerprint density at radius 2 is 0.303 bits per heavy atom. The van der Waals surface area contributed by atoms with Crippen LogP contribution in [0.3, 0.4) is 0 Å². The summed E-state index contributed by atoms with van der Waals surface area (Å²) in [6, 6.07) is 94.2. The maximum atomic E-state index is 2.49. The Morgan fingerprint density at radius 3 is 0.576 bits per heavy atom. The Balaban J connectivity index is 1.09. The molecule has 66 heavy (non-hydrogen) atoms. The van der Waals surface area contributed by atoms with E-state index >= 15 is 0 Å². The first kappa shape index (κ1) is 37.9. The Labute approximate surface area is 384 Å². The van der Waals surface area contributed by atoms with Crippen molar-refractivity contribution in [3.63, 3.8) is 0 Å². The van der Waals surface area contributed by atoms with Crippen molar-refractivity contribution in [2.24, 2.45) is 0 Å². The fourth-order valence-electron chi connectivity index (χ4n) is 10.5. The number of hydrogen-bond acceptors (Lipinski definition) is 0. The van der Waals surface area contributed by atoms with Crippen molar-refractivity contribution in [3.8, 4) is 66.8 Å². The van der Waals surface area contributed by atoms with E-state index in [1.807, 2.05) is 0 Å². The average molecular weight is 835 g/mol. The summed E-state index contributed by atoms with van der Waals surface area (Å²) in [6.45, 7) is 0. The highest BCUT2D eigenvalue weighted by Gasteiger charge is 2.17. The molecule has 0 aliphatic rings. The van der Waals surface area contributed by atoms with Crippen molar-refractivity contribution < 1.29 is 0 Å². The molecule has 0 nitrogen and oxygen atoms in total. The minimum atomic E-state index is 1.21. The van der Waals surface area contributed by atoms with Crippen molar-refractivity contribution in [3.05, 3.63) is 255 Å². The predicted molar refractivity (Wildman–Crippen MR) is 284 cm³/mol. The second-order valence-electron chi connectivity index (χ2n) is 17.6. The maximum Gasteiger partial charge on any atom is -0.00923 e. The molecule has 0 atom stereocenters. The first-order chi connectivity index (χ1) is 32.7. The Bertz CT molecular complexity index is 3730. The summed E-state index contributed by atoms with van der Waals surface area (Å²) in [5, 5.41) is 15.2. The third-order valence-corrected chi connectivity index (χ3v) is 13.8. The van der Waals surface area contributed by atoms with Gasteiger partial charge in [0.05, 0.1) is 0 Å². The fourth-order valence-corrected chi connectivity index (χ4v) is 10.5. The molecule has 0 radical (unpaired) electrons. The van der Waals surface area contributed by atoms with Gasteiger partial charge in [0.2, 0.25) is 0 Å². The van der Waals surface area contributed by atoms with Crippen LogP contribution in [-0.2, 0) is 0 Å². The van der Waals surface area contributed by atoms with E-state index in [1.54, 1.807) is 0 Å². The molecule has 0 aromatic heterocycles. The van der Waals surface area contributed by atoms with Gasteiger partial charge in [-0.1, -0.05) is 206 Å². The Hall–Kier alpha value is -8.58. The molecule has 0 unspecified atom stereocenters. The molecular formula is C66H42. The molecule has 13 aromatic rings. The monoisotopic (exact) mass is 834 g/mol. The smallest absolute Gasteiger partial charge is 0.00923 e. The highest BCUT2D eigenvalue weighted by atomic mass is 14.2. The molecule has 13 aromatic carbocycles. The molecule has 0 heterocycles. The maximum absolute atomic E-state index is 2.49. The lowest BCUT2D eigenvalue weighted by Crippen LogP contribution is -1.90. The van der Waals surface area contributed by atoms with Gasteiger partial charge in [-0.25, -0.2) is 0 Å². The molecule has 0 fully saturated rings. The van der Waals surface area contributed by atoms with Gasteiger partial charge in [-0.15, -0.1) is 0 Å². The second-order valence-corrected chi connectivity index (χ2v) is 17.6. The van der Waals surface area contributed by atoms with Gasteiger partial charge in [-0.3, -0.25) is 0 Å². The normalized spacial score (nSPS) is 11.6. The van der Waals surface area contributed by atoms with Gasteiger partial charge in [-0.2, -0.15) is 0 Å². The third-order valence-electron chi connectivity index (χ3n) is 13.8. The Morgan fingerprint density at radius 1 is 0.106 bits per heavy atom. The third kappa shape index (κ3) is 6.46. The van der Waals surface area contributed by atoms with Crippen molar-refractivity contribution in [2.45, 2.75) is 0 Å². The SMILES string of the molecule is c1ccc(-c2cccc(-c3ccc4c(c3)c3cc(-c5ccccc5)ccc3c3cc5c6ccc(-c7cccc(-c8ccccc8)c7)cc6c6cc(-c7ccccc7)ccc6c5cc43)c2)cc1. The van der Waals surface area contributed by atoms with E-state index in [0.717, 1.165) is 0 Å². The summed E-state index contributed by atoms with van der Waals surface area (Å²) in [5.41, 5.74) is 14.6. The van der Waals surface area contributed by atoms with E-state index in [9.17, 15) is 0 Å². The summed E-state index contributed by atoms with van der Waals surface area (Å²) in [5.74, 6) is 0. The highest BCUT2D eigenvalue weighted by Crippen LogP contribution is 2.45. The lowest BCUT2D eigenvalue weighted by molar-refractivity contribution is 1.60. The van der Waals surface area contributed by atoms with Crippen molar-refractivity contribution in [2.75, 3.05) is 0 Å². The molecule has 13 rings (SSSR count). The van der Waals surface area contributed by atoms with E-state index in [4.69, 9.17) is 0 Å². The second kappa shape index (κ2) is 15.6. The lowest BCUT2D eigenvalue weighted by atomic mass is 9.86. The molecular weight excluding hydrogens is 793 g/mol. The van der Waals surface area contributed by atoms with E-state index in [-0.39, 0.29) is 0 Å². The standard InChI is InChI=1S/C66H42/c1-5-15-43(16-6-1)47-23-13-25-49(35-47)53-29-33-57-61(39-53)59-37-51(45-19-9-3-10-20-45)27-31-55(59)63-42-66-58-34-30-54(50-26-14-24-48(36-50)44-17-7-2-8-18-44)40-62(58)60-38-52(46-21-11-4-12-22-46)28-32-56(60)64(66)41-65(57)63/h1-42H. The van der Waals surface area contributed by atoms with Crippen molar-refractivity contribution in [1.29, 1.82) is 0 Å². The van der Waals surface area contributed by atoms with Gasteiger partial charge in [-0.05, 0) is 180 Å². The molecule has 0 saturated heterocycles. The van der Waals surface area contributed by atoms with Gasteiger partial charge in [0.25, 0.3) is 0 Å². The molecule has 0 saturated carbocycles. The van der Waals surface area contributed by atoms with Crippen LogP contribution in [0.25, 0.3) is 131 Å². The summed E-state index contributed by atoms with van der Waals surface area (Å²) < 4.78 is 0. The largest absolute Gasteiger partial charge is 0.0622 e. The van der Waals surface area contributed by atoms with Crippen LogP contribution < -0.4 is 0 Å². The summed E-state index contributed by atoms with van der Waals surface area (Å²) in [7, 11) is 0. The molecule has 0 amide bonds. The fraction of sp³-hybridized carbons (Fsp3) is 0.